The zero-order valence-corrected chi connectivity index (χ0v) is 22.8. The molecule has 20 radical (unpaired) electrons. The van der Waals surface area contributed by atoms with Gasteiger partial charge in [0, 0.05) is 45.5 Å². The van der Waals surface area contributed by atoms with E-state index in [-0.39, 0.29) is 34.1 Å². The zero-order chi connectivity index (χ0) is 21.3. The van der Waals surface area contributed by atoms with Gasteiger partial charge in [-0.05, 0) is 111 Å². The summed E-state index contributed by atoms with van der Waals surface area (Å²) >= 11 is 0. The molecule has 2 aliphatic carbocycles. The molecule has 4 aliphatic rings. The number of hydrogen-bond acceptors (Lipinski definition) is 0. The first-order chi connectivity index (χ1) is 14.6. The van der Waals surface area contributed by atoms with Crippen LogP contribution < -0.4 is 0 Å². The van der Waals surface area contributed by atoms with E-state index in [0.29, 0.717) is 0 Å². The van der Waals surface area contributed by atoms with Gasteiger partial charge in [-0.25, -0.2) is 0 Å². The summed E-state index contributed by atoms with van der Waals surface area (Å²) in [4.78, 5) is 0. The monoisotopic (exact) mass is 538 g/mol. The van der Waals surface area contributed by atoms with E-state index in [9.17, 15) is 0 Å². The average molecular weight is 538 g/mol. The maximum absolute atomic E-state index is 2.30. The molecule has 0 amide bonds. The van der Waals surface area contributed by atoms with Crippen molar-refractivity contribution in [3.8, 4) is 0 Å². The summed E-state index contributed by atoms with van der Waals surface area (Å²) < 4.78 is 0. The van der Waals surface area contributed by atoms with Gasteiger partial charge in [0.15, 0.2) is 0 Å². The second kappa shape index (κ2) is 16.7. The van der Waals surface area contributed by atoms with Crippen molar-refractivity contribution in [1.29, 1.82) is 0 Å². The summed E-state index contributed by atoms with van der Waals surface area (Å²) in [6.07, 6.45) is 24.6. The smallest absolute Gasteiger partial charge is 0.0406 e. The van der Waals surface area contributed by atoms with Crippen molar-refractivity contribution in [1.82, 2.24) is 0 Å². The van der Waals surface area contributed by atoms with Crippen molar-refractivity contribution >= 4 is 17.2 Å². The Labute approximate surface area is 224 Å². The zero-order valence-electron chi connectivity index (χ0n) is 18.8. The van der Waals surface area contributed by atoms with Crippen LogP contribution in [0.2, 0.25) is 0 Å². The van der Waals surface area contributed by atoms with Gasteiger partial charge in [-0.1, -0.05) is 69.1 Å². The molecule has 166 valence electrons. The topological polar surface area (TPSA) is 0 Å². The van der Waals surface area contributed by atoms with E-state index in [1.165, 1.54) is 63.3 Å². The quantitative estimate of drug-likeness (QED) is 0.264. The van der Waals surface area contributed by atoms with Crippen LogP contribution in [0.1, 0.15) is 38.8 Å². The maximum atomic E-state index is 2.30. The Bertz CT molecular complexity index is 530. The predicted octanol–water partition coefficient (Wildman–Crippen LogP) is 8.11. The summed E-state index contributed by atoms with van der Waals surface area (Å²) in [6.45, 7) is 8.85. The largest absolute Gasteiger partial charge is 0.0625 e. The molecule has 4 fully saturated rings. The Morgan fingerprint density at radius 1 is 0.438 bits per heavy atom. The molecule has 0 N–H and O–H groups in total. The molecule has 5 rings (SSSR count). The minimum Gasteiger partial charge on any atom is -0.0625 e. The van der Waals surface area contributed by atoms with Gasteiger partial charge in [0.25, 0.3) is 0 Å². The van der Waals surface area contributed by atoms with E-state index in [0.717, 1.165) is 0 Å². The fourth-order valence-corrected chi connectivity index (χ4v) is 5.46. The first-order valence-electron chi connectivity index (χ1n) is 10.2. The molecule has 0 aromatic heterocycles. The van der Waals surface area contributed by atoms with Gasteiger partial charge in [0.1, 0.15) is 0 Å². The molecular weight excluding hydrogens is 510 g/mol. The molecule has 32 heavy (non-hydrogen) atoms. The van der Waals surface area contributed by atoms with Gasteiger partial charge >= 0.3 is 0 Å². The summed E-state index contributed by atoms with van der Waals surface area (Å²) in [5.41, 5.74) is 5.63. The van der Waals surface area contributed by atoms with Crippen molar-refractivity contribution < 1.29 is 34.1 Å². The third-order valence-corrected chi connectivity index (χ3v) is 7.95. The Balaban J connectivity index is 0.000000353. The van der Waals surface area contributed by atoms with Crippen LogP contribution in [-0.4, -0.2) is 0 Å². The molecule has 0 spiro atoms. The molecule has 2 saturated heterocycles. The van der Waals surface area contributed by atoms with E-state index >= 15 is 0 Å². The van der Waals surface area contributed by atoms with E-state index in [4.69, 9.17) is 0 Å². The van der Waals surface area contributed by atoms with Gasteiger partial charge in [-0.2, -0.15) is 0 Å². The molecule has 0 atom stereocenters. The van der Waals surface area contributed by atoms with Crippen LogP contribution in [0.25, 0.3) is 0 Å². The molecule has 2 heterocycles. The molecule has 0 bridgehead atoms. The first-order valence-corrected chi connectivity index (χ1v) is 12.1. The minimum atomic E-state index is 0. The fourth-order valence-electron chi connectivity index (χ4n) is 3.09. The van der Waals surface area contributed by atoms with Crippen molar-refractivity contribution in [3.63, 3.8) is 0 Å². The van der Waals surface area contributed by atoms with Crippen LogP contribution in [0, 0.1) is 112 Å². The molecule has 1 aromatic carbocycles. The van der Waals surface area contributed by atoms with E-state index in [2.05, 4.69) is 64.3 Å². The Hall–Kier alpha value is 1.12. The van der Waals surface area contributed by atoms with Crippen molar-refractivity contribution in [3.05, 3.63) is 147 Å². The third kappa shape index (κ3) is 9.29. The normalized spacial score (nSPS) is 24.6. The minimum absolute atomic E-state index is 0. The third-order valence-electron chi connectivity index (χ3n) is 5.21. The van der Waals surface area contributed by atoms with E-state index < -0.39 is 0 Å². The Morgan fingerprint density at radius 2 is 0.688 bits per heavy atom. The average Bonchev–Trinajstić information content (AvgIpc) is 3.57. The van der Waals surface area contributed by atoms with Crippen LogP contribution in [0.4, 0.5) is 0 Å². The van der Waals surface area contributed by atoms with Gasteiger partial charge in [0.2, 0.25) is 0 Å². The standard InChI is InChI=1S/C18H18P2.2C5H5.2Fe/c1-11-9-19-17(13(11)3)15-5-7-16(8-6-15)18-14(4)12(2)10-20-18;2*1-2-4-5-3-1;;/h5-10H,1-4H3;2*1-5H;;. The van der Waals surface area contributed by atoms with Crippen molar-refractivity contribution in [2.75, 3.05) is 0 Å². The van der Waals surface area contributed by atoms with Crippen molar-refractivity contribution in [2.24, 2.45) is 0 Å². The number of hydrogen-bond donors (Lipinski definition) is 0. The molecular formula is C28H28Fe2P2. The Kier molecular flexibility index (Phi) is 16.3. The molecule has 0 nitrogen and oxygen atoms in total. The van der Waals surface area contributed by atoms with Crippen LogP contribution in [0.5, 0.6) is 0 Å². The van der Waals surface area contributed by atoms with Gasteiger partial charge in [0.05, 0.1) is 0 Å². The van der Waals surface area contributed by atoms with E-state index in [1.54, 1.807) is 0 Å². The summed E-state index contributed by atoms with van der Waals surface area (Å²) in [5, 5.41) is 0. The molecule has 2 aliphatic heterocycles. The SMILES string of the molecule is C[C]1[CH][P][C](c2ccc([C]3[P][CH][C](C)[C]3C)cc2)[C]1C.[CH]1[CH][CH][CH][CH]1.[CH]1[CH][CH][CH][CH]1.[Fe].[Fe]. The van der Waals surface area contributed by atoms with E-state index in [1.807, 2.05) is 64.2 Å². The second-order valence-corrected chi connectivity index (χ2v) is 9.26. The summed E-state index contributed by atoms with van der Waals surface area (Å²) in [6, 6.07) is 9.10. The van der Waals surface area contributed by atoms with Gasteiger partial charge in [-0.3, -0.25) is 0 Å². The van der Waals surface area contributed by atoms with Crippen LogP contribution in [0.15, 0.2) is 24.3 Å². The Morgan fingerprint density at radius 3 is 0.875 bits per heavy atom. The van der Waals surface area contributed by atoms with Crippen LogP contribution >= 0.6 is 17.2 Å². The second-order valence-electron chi connectivity index (χ2n) is 7.33. The van der Waals surface area contributed by atoms with Crippen LogP contribution in [0.3, 0.4) is 0 Å². The first kappa shape index (κ1) is 31.1. The van der Waals surface area contributed by atoms with Gasteiger partial charge < -0.3 is 0 Å². The predicted molar refractivity (Wildman–Crippen MR) is 132 cm³/mol. The summed E-state index contributed by atoms with van der Waals surface area (Å²) in [5.74, 6) is 5.70. The summed E-state index contributed by atoms with van der Waals surface area (Å²) in [7, 11) is 2.67. The number of rotatable bonds is 2. The van der Waals surface area contributed by atoms with Gasteiger partial charge in [-0.15, -0.1) is 0 Å². The molecule has 1 aromatic rings. The van der Waals surface area contributed by atoms with Crippen molar-refractivity contribution in [2.45, 2.75) is 27.7 Å². The maximum Gasteiger partial charge on any atom is 0.0406 e. The molecule has 4 heteroatoms. The number of benzene rings is 1. The van der Waals surface area contributed by atoms with Crippen LogP contribution in [-0.2, 0) is 34.1 Å². The molecule has 2 saturated carbocycles. The molecule has 0 unspecified atom stereocenters. The fraction of sp³-hybridized carbons (Fsp3) is 0.143.